The van der Waals surface area contributed by atoms with E-state index in [1.165, 1.54) is 61.4 Å². The number of benzene rings is 1. The molecule has 0 spiro atoms. The number of anilines is 1. The molecule has 4 nitrogen and oxygen atoms in total. The monoisotopic (exact) mass is 322 g/mol. The number of para-hydroxylation sites is 1. The SMILES string of the molecule is c1ccc(N2CCC(N3CCc4[nH]nc(C5CCC5)c4C3)C2)cc1. The average Bonchev–Trinajstić information content (AvgIpc) is 3.22. The molecular formula is C20H26N4. The topological polar surface area (TPSA) is 35.2 Å². The molecule has 2 fully saturated rings. The average molecular weight is 322 g/mol. The predicted molar refractivity (Wildman–Crippen MR) is 96.4 cm³/mol. The fourth-order valence-electron chi connectivity index (χ4n) is 4.58. The number of fused-ring (bicyclic) bond motifs is 1. The molecule has 2 aliphatic heterocycles. The van der Waals surface area contributed by atoms with Crippen molar-refractivity contribution < 1.29 is 0 Å². The van der Waals surface area contributed by atoms with Gasteiger partial charge >= 0.3 is 0 Å². The predicted octanol–water partition coefficient (Wildman–Crippen LogP) is 3.31. The van der Waals surface area contributed by atoms with Crippen LogP contribution >= 0.6 is 0 Å². The van der Waals surface area contributed by atoms with Crippen molar-refractivity contribution >= 4 is 5.69 Å². The molecule has 3 heterocycles. The summed E-state index contributed by atoms with van der Waals surface area (Å²) in [5.41, 5.74) is 5.70. The summed E-state index contributed by atoms with van der Waals surface area (Å²) in [5, 5.41) is 8.02. The lowest BCUT2D eigenvalue weighted by atomic mass is 9.80. The fraction of sp³-hybridized carbons (Fsp3) is 0.550. The minimum absolute atomic E-state index is 0.683. The molecule has 0 amide bonds. The van der Waals surface area contributed by atoms with E-state index in [0.29, 0.717) is 6.04 Å². The molecule has 1 aliphatic carbocycles. The smallest absolute Gasteiger partial charge is 0.0700 e. The molecule has 24 heavy (non-hydrogen) atoms. The van der Waals surface area contributed by atoms with E-state index >= 15 is 0 Å². The van der Waals surface area contributed by atoms with Gasteiger partial charge in [0.05, 0.1) is 5.69 Å². The highest BCUT2D eigenvalue weighted by Gasteiger charge is 2.34. The Hall–Kier alpha value is -1.81. The molecule has 5 rings (SSSR count). The fourth-order valence-corrected chi connectivity index (χ4v) is 4.58. The van der Waals surface area contributed by atoms with E-state index in [1.807, 2.05) is 0 Å². The first-order valence-corrected chi connectivity index (χ1v) is 9.48. The standard InChI is InChI=1S/C20H26N4/c1-2-7-16(8-3-1)23-11-9-17(13-23)24-12-10-19-18(14-24)20(22-21-19)15-5-4-6-15/h1-3,7-8,15,17H,4-6,9-14H2,(H,21,22). The Morgan fingerprint density at radius 1 is 1.04 bits per heavy atom. The van der Waals surface area contributed by atoms with Crippen molar-refractivity contribution in [3.63, 3.8) is 0 Å². The summed E-state index contributed by atoms with van der Waals surface area (Å²) < 4.78 is 0. The third-order valence-electron chi connectivity index (χ3n) is 6.29. The Labute approximate surface area is 143 Å². The van der Waals surface area contributed by atoms with Crippen molar-refractivity contribution in [3.8, 4) is 0 Å². The van der Waals surface area contributed by atoms with E-state index in [4.69, 9.17) is 0 Å². The second-order valence-corrected chi connectivity index (χ2v) is 7.64. The van der Waals surface area contributed by atoms with Crippen molar-refractivity contribution in [1.29, 1.82) is 0 Å². The van der Waals surface area contributed by atoms with Crippen LogP contribution in [0.2, 0.25) is 0 Å². The zero-order chi connectivity index (χ0) is 15.9. The molecule has 3 aliphatic rings. The number of nitrogens with zero attached hydrogens (tertiary/aromatic N) is 3. The largest absolute Gasteiger partial charge is 0.370 e. The minimum Gasteiger partial charge on any atom is -0.370 e. The lowest BCUT2D eigenvalue weighted by molar-refractivity contribution is 0.189. The van der Waals surface area contributed by atoms with Gasteiger partial charge in [-0.1, -0.05) is 24.6 Å². The first-order chi connectivity index (χ1) is 11.9. The van der Waals surface area contributed by atoms with Gasteiger partial charge in [0, 0.05) is 61.5 Å². The van der Waals surface area contributed by atoms with Gasteiger partial charge in [-0.25, -0.2) is 0 Å². The van der Waals surface area contributed by atoms with Crippen molar-refractivity contribution in [3.05, 3.63) is 47.3 Å². The van der Waals surface area contributed by atoms with E-state index in [9.17, 15) is 0 Å². The quantitative estimate of drug-likeness (QED) is 0.941. The second kappa shape index (κ2) is 5.92. The molecule has 1 aromatic heterocycles. The molecule has 4 heteroatoms. The van der Waals surface area contributed by atoms with Crippen LogP contribution in [0.1, 0.15) is 48.6 Å². The summed E-state index contributed by atoms with van der Waals surface area (Å²) in [6.07, 6.45) is 6.47. The molecule has 1 aromatic carbocycles. The summed E-state index contributed by atoms with van der Waals surface area (Å²) >= 11 is 0. The van der Waals surface area contributed by atoms with Gasteiger partial charge in [-0.15, -0.1) is 0 Å². The number of rotatable bonds is 3. The van der Waals surface area contributed by atoms with Gasteiger partial charge in [-0.3, -0.25) is 10.00 Å². The van der Waals surface area contributed by atoms with Gasteiger partial charge in [0.2, 0.25) is 0 Å². The number of aromatic nitrogens is 2. The van der Waals surface area contributed by atoms with Crippen LogP contribution in [0.15, 0.2) is 30.3 Å². The third-order valence-corrected chi connectivity index (χ3v) is 6.29. The Kier molecular flexibility index (Phi) is 3.58. The maximum atomic E-state index is 4.68. The number of H-pyrrole nitrogens is 1. The number of nitrogens with one attached hydrogen (secondary N) is 1. The molecule has 1 saturated heterocycles. The Bertz CT molecular complexity index is 704. The Morgan fingerprint density at radius 3 is 2.71 bits per heavy atom. The van der Waals surface area contributed by atoms with Crippen LogP contribution < -0.4 is 4.90 Å². The first kappa shape index (κ1) is 14.5. The third kappa shape index (κ3) is 2.44. The summed E-state index contributed by atoms with van der Waals surface area (Å²) in [6, 6.07) is 11.5. The highest BCUT2D eigenvalue weighted by atomic mass is 15.3. The normalized spacial score (nSPS) is 24.8. The molecule has 1 saturated carbocycles. The van der Waals surface area contributed by atoms with Gasteiger partial charge in [-0.2, -0.15) is 5.10 Å². The maximum Gasteiger partial charge on any atom is 0.0700 e. The van der Waals surface area contributed by atoms with Crippen molar-refractivity contribution in [1.82, 2.24) is 15.1 Å². The summed E-state index contributed by atoms with van der Waals surface area (Å²) in [6.45, 7) is 4.62. The maximum absolute atomic E-state index is 4.68. The molecule has 1 N–H and O–H groups in total. The molecule has 0 bridgehead atoms. The zero-order valence-corrected chi connectivity index (χ0v) is 14.2. The van der Waals surface area contributed by atoms with Gasteiger partial charge in [-0.05, 0) is 31.4 Å². The van der Waals surface area contributed by atoms with Gasteiger partial charge < -0.3 is 4.90 Å². The molecule has 0 radical (unpaired) electrons. The van der Waals surface area contributed by atoms with E-state index in [-0.39, 0.29) is 0 Å². The second-order valence-electron chi connectivity index (χ2n) is 7.64. The van der Waals surface area contributed by atoms with Gasteiger partial charge in [0.25, 0.3) is 0 Å². The summed E-state index contributed by atoms with van der Waals surface area (Å²) in [4.78, 5) is 5.26. The van der Waals surface area contributed by atoms with Crippen molar-refractivity contribution in [2.24, 2.45) is 0 Å². The molecule has 126 valence electrons. The van der Waals surface area contributed by atoms with Crippen LogP contribution in [0.5, 0.6) is 0 Å². The summed E-state index contributed by atoms with van der Waals surface area (Å²) in [5.74, 6) is 0.731. The Balaban J connectivity index is 1.30. The highest BCUT2D eigenvalue weighted by molar-refractivity contribution is 5.47. The zero-order valence-electron chi connectivity index (χ0n) is 14.2. The van der Waals surface area contributed by atoms with Crippen LogP contribution in [-0.2, 0) is 13.0 Å². The highest BCUT2D eigenvalue weighted by Crippen LogP contribution is 2.39. The van der Waals surface area contributed by atoms with Gasteiger partial charge in [0.1, 0.15) is 0 Å². The van der Waals surface area contributed by atoms with Crippen LogP contribution in [0.3, 0.4) is 0 Å². The van der Waals surface area contributed by atoms with Crippen molar-refractivity contribution in [2.45, 2.75) is 50.6 Å². The molecule has 2 aromatic rings. The lowest BCUT2D eigenvalue weighted by Crippen LogP contribution is -2.41. The van der Waals surface area contributed by atoms with E-state index in [1.54, 1.807) is 0 Å². The van der Waals surface area contributed by atoms with Crippen LogP contribution in [0.4, 0.5) is 5.69 Å². The summed E-state index contributed by atoms with van der Waals surface area (Å²) in [7, 11) is 0. The van der Waals surface area contributed by atoms with Crippen LogP contribution in [0, 0.1) is 0 Å². The minimum atomic E-state index is 0.683. The number of hydrogen-bond acceptors (Lipinski definition) is 3. The van der Waals surface area contributed by atoms with Crippen molar-refractivity contribution in [2.75, 3.05) is 24.5 Å². The Morgan fingerprint density at radius 2 is 1.92 bits per heavy atom. The molecular weight excluding hydrogens is 296 g/mol. The van der Waals surface area contributed by atoms with Gasteiger partial charge in [0.15, 0.2) is 0 Å². The number of hydrogen-bond donors (Lipinski definition) is 1. The van der Waals surface area contributed by atoms with E-state index < -0.39 is 0 Å². The van der Waals surface area contributed by atoms with E-state index in [2.05, 4.69) is 50.3 Å². The molecule has 1 atom stereocenters. The van der Waals surface area contributed by atoms with E-state index in [0.717, 1.165) is 25.4 Å². The molecule has 1 unspecified atom stereocenters. The lowest BCUT2D eigenvalue weighted by Gasteiger charge is -2.34. The van der Waals surface area contributed by atoms with Crippen LogP contribution in [0.25, 0.3) is 0 Å². The first-order valence-electron chi connectivity index (χ1n) is 9.48. The number of aromatic amines is 1. The van der Waals surface area contributed by atoms with Crippen LogP contribution in [-0.4, -0.2) is 40.8 Å².